The molecule has 4 N–H and O–H groups in total. The van der Waals surface area contributed by atoms with E-state index >= 15 is 0 Å². The monoisotopic (exact) mass is 306 g/mol. The van der Waals surface area contributed by atoms with Crippen molar-refractivity contribution in [3.05, 3.63) is 17.8 Å². The van der Waals surface area contributed by atoms with Gasteiger partial charge in [-0.3, -0.25) is 4.90 Å². The number of carboxylic acids is 1. The van der Waals surface area contributed by atoms with Gasteiger partial charge < -0.3 is 20.9 Å². The number of pyridine rings is 1. The van der Waals surface area contributed by atoms with Gasteiger partial charge in [0.2, 0.25) is 5.95 Å². The molecule has 0 radical (unpaired) electrons. The van der Waals surface area contributed by atoms with Crippen LogP contribution in [0.5, 0.6) is 0 Å². The third-order valence-corrected chi connectivity index (χ3v) is 3.56. The second-order valence-electron chi connectivity index (χ2n) is 5.02. The number of nitrogens with one attached hydrogen (secondary N) is 1. The van der Waals surface area contributed by atoms with Crippen LogP contribution in [-0.4, -0.2) is 70.0 Å². The van der Waals surface area contributed by atoms with E-state index in [0.29, 0.717) is 17.9 Å². The molecule has 9 nitrogen and oxygen atoms in total. The molecule has 0 spiro atoms. The molecule has 9 heteroatoms. The van der Waals surface area contributed by atoms with Gasteiger partial charge >= 0.3 is 5.97 Å². The number of aromatic nitrogens is 3. The van der Waals surface area contributed by atoms with Crippen LogP contribution in [0, 0.1) is 0 Å². The smallest absolute Gasteiger partial charge is 0.356 e. The fraction of sp³-hybridized carbons (Fsp3) is 0.462. The lowest BCUT2D eigenvalue weighted by Crippen LogP contribution is -2.39. The molecule has 0 aliphatic carbocycles. The first-order valence-electron chi connectivity index (χ1n) is 7.07. The Kier molecular flexibility index (Phi) is 4.07. The van der Waals surface area contributed by atoms with Crippen molar-refractivity contribution in [2.45, 2.75) is 0 Å². The molecule has 0 atom stereocenters. The van der Waals surface area contributed by atoms with Crippen LogP contribution in [0.3, 0.4) is 0 Å². The molecule has 0 aromatic carbocycles. The Morgan fingerprint density at radius 2 is 2.18 bits per heavy atom. The molecule has 3 heterocycles. The molecule has 2 aromatic heterocycles. The quantitative estimate of drug-likeness (QED) is 0.692. The van der Waals surface area contributed by atoms with Gasteiger partial charge in [-0.25, -0.2) is 9.31 Å². The van der Waals surface area contributed by atoms with Crippen molar-refractivity contribution in [1.82, 2.24) is 19.5 Å². The molecule has 2 aromatic rings. The summed E-state index contributed by atoms with van der Waals surface area (Å²) in [4.78, 5) is 17.7. The van der Waals surface area contributed by atoms with Crippen molar-refractivity contribution in [2.24, 2.45) is 0 Å². The fourth-order valence-electron chi connectivity index (χ4n) is 2.49. The Labute approximate surface area is 126 Å². The van der Waals surface area contributed by atoms with E-state index in [9.17, 15) is 9.90 Å². The van der Waals surface area contributed by atoms with Crippen molar-refractivity contribution in [3.63, 3.8) is 0 Å². The maximum atomic E-state index is 11.5. The highest BCUT2D eigenvalue weighted by Gasteiger charge is 2.17. The molecule has 0 saturated carbocycles. The van der Waals surface area contributed by atoms with E-state index in [4.69, 9.17) is 10.5 Å². The number of morpholine rings is 1. The van der Waals surface area contributed by atoms with Gasteiger partial charge in [0.1, 0.15) is 0 Å². The lowest BCUT2D eigenvalue weighted by atomic mass is 10.3. The molecule has 0 bridgehead atoms. The average molecular weight is 306 g/mol. The predicted molar refractivity (Wildman–Crippen MR) is 80.1 cm³/mol. The molecule has 1 aliphatic heterocycles. The van der Waals surface area contributed by atoms with Crippen molar-refractivity contribution in [3.8, 4) is 0 Å². The van der Waals surface area contributed by atoms with Crippen LogP contribution in [0.25, 0.3) is 5.65 Å². The van der Waals surface area contributed by atoms with Gasteiger partial charge in [-0.15, -0.1) is 5.10 Å². The summed E-state index contributed by atoms with van der Waals surface area (Å²) in [6.45, 7) is 4.73. The molecule has 1 saturated heterocycles. The summed E-state index contributed by atoms with van der Waals surface area (Å²) < 4.78 is 6.54. The number of carbonyl (C=O) groups is 1. The van der Waals surface area contributed by atoms with Crippen molar-refractivity contribution in [1.29, 1.82) is 0 Å². The van der Waals surface area contributed by atoms with Gasteiger partial charge in [0.25, 0.3) is 0 Å². The summed E-state index contributed by atoms with van der Waals surface area (Å²) in [5.74, 6) is -1.03. The van der Waals surface area contributed by atoms with Crippen molar-refractivity contribution >= 4 is 23.3 Å². The normalized spacial score (nSPS) is 16.0. The zero-order valence-corrected chi connectivity index (χ0v) is 12.0. The van der Waals surface area contributed by atoms with Crippen LogP contribution in [0.2, 0.25) is 0 Å². The summed E-state index contributed by atoms with van der Waals surface area (Å²) in [6.07, 6.45) is 0. The number of nitrogen functional groups attached to an aromatic ring is 1. The largest absolute Gasteiger partial charge is 0.476 e. The van der Waals surface area contributed by atoms with E-state index in [2.05, 4.69) is 20.3 Å². The highest BCUT2D eigenvalue weighted by Crippen LogP contribution is 2.18. The summed E-state index contributed by atoms with van der Waals surface area (Å²) >= 11 is 0. The van der Waals surface area contributed by atoms with Gasteiger partial charge in [-0.2, -0.15) is 4.98 Å². The predicted octanol–water partition coefficient (Wildman–Crippen LogP) is -0.246. The number of hydrogen-bond acceptors (Lipinski definition) is 7. The first-order chi connectivity index (χ1) is 10.6. The fourth-order valence-corrected chi connectivity index (χ4v) is 2.49. The molecule has 3 rings (SSSR count). The molecule has 118 valence electrons. The second-order valence-corrected chi connectivity index (χ2v) is 5.02. The van der Waals surface area contributed by atoms with Crippen molar-refractivity contribution in [2.75, 3.05) is 50.4 Å². The summed E-state index contributed by atoms with van der Waals surface area (Å²) in [5.41, 5.74) is 6.47. The van der Waals surface area contributed by atoms with Crippen LogP contribution < -0.4 is 11.1 Å². The van der Waals surface area contributed by atoms with Crippen LogP contribution in [0.15, 0.2) is 12.1 Å². The minimum atomic E-state index is -1.08. The number of ether oxygens (including phenoxy) is 1. The zero-order valence-electron chi connectivity index (χ0n) is 12.0. The Hall–Kier alpha value is -2.39. The number of rotatable bonds is 5. The molecule has 0 amide bonds. The van der Waals surface area contributed by atoms with Gasteiger partial charge in [-0.1, -0.05) is 0 Å². The standard InChI is InChI=1S/C13H18N6O3/c14-13-16-10-2-1-9(11(12(20)21)19(10)17-13)15-3-4-18-5-7-22-8-6-18/h1-2,15H,3-8H2,(H2,14,17)(H,20,21). The van der Waals surface area contributed by atoms with E-state index < -0.39 is 5.97 Å². The third kappa shape index (κ3) is 2.95. The summed E-state index contributed by atoms with van der Waals surface area (Å²) in [5, 5.41) is 16.5. The van der Waals surface area contributed by atoms with E-state index in [1.165, 1.54) is 4.52 Å². The maximum Gasteiger partial charge on any atom is 0.356 e. The second kappa shape index (κ2) is 6.16. The minimum absolute atomic E-state index is 0.0312. The van der Waals surface area contributed by atoms with Gasteiger partial charge in [0, 0.05) is 26.2 Å². The highest BCUT2D eigenvalue weighted by molar-refractivity contribution is 5.93. The van der Waals surface area contributed by atoms with Crippen LogP contribution in [0.4, 0.5) is 11.6 Å². The Morgan fingerprint density at radius 3 is 2.91 bits per heavy atom. The van der Waals surface area contributed by atoms with Crippen molar-refractivity contribution < 1.29 is 14.6 Å². The van der Waals surface area contributed by atoms with Crippen LogP contribution in [-0.2, 0) is 4.74 Å². The third-order valence-electron chi connectivity index (χ3n) is 3.56. The lowest BCUT2D eigenvalue weighted by molar-refractivity contribution is 0.0398. The SMILES string of the molecule is Nc1nc2ccc(NCCN3CCOCC3)c(C(=O)O)n2n1. The Balaban J connectivity index is 1.74. The number of fused-ring (bicyclic) bond motifs is 1. The number of aromatic carboxylic acids is 1. The van der Waals surface area contributed by atoms with Gasteiger partial charge in [-0.05, 0) is 12.1 Å². The van der Waals surface area contributed by atoms with E-state index in [0.717, 1.165) is 32.8 Å². The maximum absolute atomic E-state index is 11.5. The molecular formula is C13H18N6O3. The number of nitrogens with zero attached hydrogens (tertiary/aromatic N) is 4. The van der Waals surface area contributed by atoms with E-state index in [-0.39, 0.29) is 11.6 Å². The number of carboxylic acid groups (broad SMARTS) is 1. The van der Waals surface area contributed by atoms with E-state index in [1.54, 1.807) is 12.1 Å². The number of anilines is 2. The molecule has 0 unspecified atom stereocenters. The van der Waals surface area contributed by atoms with Gasteiger partial charge in [0.15, 0.2) is 11.3 Å². The summed E-state index contributed by atoms with van der Waals surface area (Å²) in [7, 11) is 0. The highest BCUT2D eigenvalue weighted by atomic mass is 16.5. The number of hydrogen-bond donors (Lipinski definition) is 3. The minimum Gasteiger partial charge on any atom is -0.476 e. The molecule has 22 heavy (non-hydrogen) atoms. The number of nitrogens with two attached hydrogens (primary N) is 1. The summed E-state index contributed by atoms with van der Waals surface area (Å²) in [6, 6.07) is 3.37. The average Bonchev–Trinajstić information content (AvgIpc) is 2.87. The zero-order chi connectivity index (χ0) is 15.5. The topological polar surface area (TPSA) is 118 Å². The van der Waals surface area contributed by atoms with Crippen LogP contribution >= 0.6 is 0 Å². The lowest BCUT2D eigenvalue weighted by Gasteiger charge is -2.26. The van der Waals surface area contributed by atoms with Crippen LogP contribution in [0.1, 0.15) is 10.5 Å². The van der Waals surface area contributed by atoms with Gasteiger partial charge in [0.05, 0.1) is 18.9 Å². The Morgan fingerprint density at radius 1 is 1.41 bits per heavy atom. The Bertz CT molecular complexity index is 680. The first-order valence-corrected chi connectivity index (χ1v) is 7.07. The first kappa shape index (κ1) is 14.5. The van der Waals surface area contributed by atoms with E-state index in [1.807, 2.05) is 0 Å². The molecule has 1 fully saturated rings. The molecule has 1 aliphatic rings. The molecular weight excluding hydrogens is 288 g/mol.